The van der Waals surface area contributed by atoms with Gasteiger partial charge in [-0.15, -0.1) is 0 Å². The molecule has 4 heteroatoms. The predicted molar refractivity (Wildman–Crippen MR) is 64.0 cm³/mol. The van der Waals surface area contributed by atoms with E-state index in [0.29, 0.717) is 23.4 Å². The molecular weight excluding hydrogens is 219 g/mol. The van der Waals surface area contributed by atoms with E-state index in [9.17, 15) is 4.39 Å². The molecular formula is C13H15FN2O. The van der Waals surface area contributed by atoms with Crippen molar-refractivity contribution in [3.05, 3.63) is 41.3 Å². The lowest BCUT2D eigenvalue weighted by Gasteiger charge is -1.98. The van der Waals surface area contributed by atoms with E-state index in [1.807, 2.05) is 19.1 Å². The Labute approximate surface area is 99.6 Å². The molecule has 0 saturated carbocycles. The van der Waals surface area contributed by atoms with E-state index >= 15 is 0 Å². The number of halogens is 1. The number of aromatic nitrogens is 1. The van der Waals surface area contributed by atoms with Gasteiger partial charge in [-0.05, 0) is 25.1 Å². The molecule has 0 aliphatic carbocycles. The molecule has 0 aliphatic heterocycles. The number of benzene rings is 1. The van der Waals surface area contributed by atoms with Crippen LogP contribution in [0, 0.1) is 12.7 Å². The minimum atomic E-state index is -0.230. The van der Waals surface area contributed by atoms with Gasteiger partial charge in [-0.25, -0.2) is 4.39 Å². The number of hydrogen-bond acceptors (Lipinski definition) is 3. The van der Waals surface area contributed by atoms with E-state index in [0.717, 1.165) is 12.2 Å². The summed E-state index contributed by atoms with van der Waals surface area (Å²) in [6.07, 6.45) is 0. The van der Waals surface area contributed by atoms with Crippen LogP contribution in [0.2, 0.25) is 0 Å². The van der Waals surface area contributed by atoms with Gasteiger partial charge in [0, 0.05) is 18.2 Å². The topological polar surface area (TPSA) is 38.1 Å². The second kappa shape index (κ2) is 5.10. The lowest BCUT2D eigenvalue weighted by atomic mass is 10.1. The van der Waals surface area contributed by atoms with Crippen molar-refractivity contribution in [3.63, 3.8) is 0 Å². The predicted octanol–water partition coefficient (Wildman–Crippen LogP) is 2.90. The van der Waals surface area contributed by atoms with Gasteiger partial charge >= 0.3 is 0 Å². The highest BCUT2D eigenvalue weighted by molar-refractivity contribution is 5.57. The standard InChI is InChI=1S/C13H15FN2O/c1-3-15-8-11-7-13(17-16-11)10-5-4-9(2)12(14)6-10/h4-7,15H,3,8H2,1-2H3. The van der Waals surface area contributed by atoms with E-state index in [2.05, 4.69) is 10.5 Å². The first-order chi connectivity index (χ1) is 8.20. The van der Waals surface area contributed by atoms with Crippen molar-refractivity contribution in [3.8, 4) is 11.3 Å². The first-order valence-corrected chi connectivity index (χ1v) is 5.63. The van der Waals surface area contributed by atoms with Crippen molar-refractivity contribution in [1.82, 2.24) is 10.5 Å². The molecule has 3 nitrogen and oxygen atoms in total. The zero-order valence-electron chi connectivity index (χ0n) is 9.96. The summed E-state index contributed by atoms with van der Waals surface area (Å²) in [7, 11) is 0. The molecule has 0 fully saturated rings. The quantitative estimate of drug-likeness (QED) is 0.884. The molecule has 2 aromatic rings. The fourth-order valence-electron chi connectivity index (χ4n) is 1.53. The van der Waals surface area contributed by atoms with E-state index in [1.165, 1.54) is 6.07 Å². The van der Waals surface area contributed by atoms with Crippen LogP contribution in [0.15, 0.2) is 28.8 Å². The summed E-state index contributed by atoms with van der Waals surface area (Å²) in [6.45, 7) is 5.29. The SMILES string of the molecule is CCNCc1cc(-c2ccc(C)c(F)c2)on1. The van der Waals surface area contributed by atoms with Crippen molar-refractivity contribution in [1.29, 1.82) is 0 Å². The fourth-order valence-corrected chi connectivity index (χ4v) is 1.53. The van der Waals surface area contributed by atoms with E-state index < -0.39 is 0 Å². The Bertz CT molecular complexity index is 508. The van der Waals surface area contributed by atoms with Crippen LogP contribution in [0.5, 0.6) is 0 Å². The third kappa shape index (κ3) is 2.71. The highest BCUT2D eigenvalue weighted by atomic mass is 19.1. The number of hydrogen-bond donors (Lipinski definition) is 1. The van der Waals surface area contributed by atoms with Crippen molar-refractivity contribution >= 4 is 0 Å². The van der Waals surface area contributed by atoms with Gasteiger partial charge in [0.15, 0.2) is 5.76 Å². The van der Waals surface area contributed by atoms with Gasteiger partial charge in [0.2, 0.25) is 0 Å². The molecule has 0 aliphatic rings. The zero-order chi connectivity index (χ0) is 12.3. The van der Waals surface area contributed by atoms with Crippen LogP contribution in [-0.2, 0) is 6.54 Å². The van der Waals surface area contributed by atoms with E-state index in [4.69, 9.17) is 4.52 Å². The molecule has 1 aromatic carbocycles. The van der Waals surface area contributed by atoms with Gasteiger partial charge in [0.25, 0.3) is 0 Å². The molecule has 1 N–H and O–H groups in total. The molecule has 2 rings (SSSR count). The van der Waals surface area contributed by atoms with Crippen LogP contribution >= 0.6 is 0 Å². The van der Waals surface area contributed by atoms with Crippen LogP contribution in [0.1, 0.15) is 18.2 Å². The fraction of sp³-hybridized carbons (Fsp3) is 0.308. The number of aryl methyl sites for hydroxylation is 1. The molecule has 0 saturated heterocycles. The molecule has 0 bridgehead atoms. The Morgan fingerprint density at radius 3 is 2.88 bits per heavy atom. The highest BCUT2D eigenvalue weighted by Crippen LogP contribution is 2.22. The molecule has 1 aromatic heterocycles. The largest absolute Gasteiger partial charge is 0.356 e. The molecule has 0 amide bonds. The van der Waals surface area contributed by atoms with Gasteiger partial charge in [-0.1, -0.05) is 24.2 Å². The highest BCUT2D eigenvalue weighted by Gasteiger charge is 2.08. The normalized spacial score (nSPS) is 10.8. The molecule has 0 atom stereocenters. The van der Waals surface area contributed by atoms with E-state index in [1.54, 1.807) is 13.0 Å². The van der Waals surface area contributed by atoms with Gasteiger partial charge in [-0.2, -0.15) is 0 Å². The van der Waals surface area contributed by atoms with Crippen LogP contribution in [0.4, 0.5) is 4.39 Å². The summed E-state index contributed by atoms with van der Waals surface area (Å²) in [5.41, 5.74) is 2.16. The number of nitrogens with zero attached hydrogens (tertiary/aromatic N) is 1. The summed E-state index contributed by atoms with van der Waals surface area (Å²) in [6, 6.07) is 6.85. The molecule has 0 radical (unpaired) electrons. The lowest BCUT2D eigenvalue weighted by molar-refractivity contribution is 0.420. The zero-order valence-corrected chi connectivity index (χ0v) is 9.96. The maximum atomic E-state index is 13.4. The van der Waals surface area contributed by atoms with Gasteiger partial charge in [-0.3, -0.25) is 0 Å². The van der Waals surface area contributed by atoms with Crippen LogP contribution in [0.3, 0.4) is 0 Å². The Balaban J connectivity index is 2.21. The minimum Gasteiger partial charge on any atom is -0.356 e. The monoisotopic (exact) mass is 234 g/mol. The maximum Gasteiger partial charge on any atom is 0.167 e. The second-order valence-corrected chi connectivity index (χ2v) is 3.93. The molecule has 17 heavy (non-hydrogen) atoms. The molecule has 1 heterocycles. The summed E-state index contributed by atoms with van der Waals surface area (Å²) in [5, 5.41) is 7.08. The lowest BCUT2D eigenvalue weighted by Crippen LogP contribution is -2.11. The Hall–Kier alpha value is -1.68. The molecule has 0 spiro atoms. The first-order valence-electron chi connectivity index (χ1n) is 5.63. The van der Waals surface area contributed by atoms with Gasteiger partial charge < -0.3 is 9.84 Å². The Kier molecular flexibility index (Phi) is 3.54. The van der Waals surface area contributed by atoms with Crippen molar-refractivity contribution < 1.29 is 8.91 Å². The van der Waals surface area contributed by atoms with Crippen molar-refractivity contribution in [2.45, 2.75) is 20.4 Å². The smallest absolute Gasteiger partial charge is 0.167 e. The van der Waals surface area contributed by atoms with Gasteiger partial charge in [0.1, 0.15) is 5.82 Å². The van der Waals surface area contributed by atoms with Crippen molar-refractivity contribution in [2.24, 2.45) is 0 Å². The molecule has 0 unspecified atom stereocenters. The number of rotatable bonds is 4. The Morgan fingerprint density at radius 1 is 1.35 bits per heavy atom. The van der Waals surface area contributed by atoms with Crippen LogP contribution in [-0.4, -0.2) is 11.7 Å². The van der Waals surface area contributed by atoms with Crippen molar-refractivity contribution in [2.75, 3.05) is 6.54 Å². The summed E-state index contributed by atoms with van der Waals surface area (Å²) < 4.78 is 18.6. The second-order valence-electron chi connectivity index (χ2n) is 3.93. The summed E-state index contributed by atoms with van der Waals surface area (Å²) in [4.78, 5) is 0. The third-order valence-electron chi connectivity index (χ3n) is 2.57. The maximum absolute atomic E-state index is 13.4. The third-order valence-corrected chi connectivity index (χ3v) is 2.57. The summed E-state index contributed by atoms with van der Waals surface area (Å²) >= 11 is 0. The molecule has 90 valence electrons. The average molecular weight is 234 g/mol. The number of nitrogens with one attached hydrogen (secondary N) is 1. The van der Waals surface area contributed by atoms with Crippen LogP contribution < -0.4 is 5.32 Å². The summed E-state index contributed by atoms with van der Waals surface area (Å²) in [5.74, 6) is 0.365. The minimum absolute atomic E-state index is 0.230. The first kappa shape index (κ1) is 11.8. The van der Waals surface area contributed by atoms with E-state index in [-0.39, 0.29) is 5.82 Å². The van der Waals surface area contributed by atoms with Crippen LogP contribution in [0.25, 0.3) is 11.3 Å². The Morgan fingerprint density at radius 2 is 2.18 bits per heavy atom. The average Bonchev–Trinajstić information content (AvgIpc) is 2.79. The van der Waals surface area contributed by atoms with Gasteiger partial charge in [0.05, 0.1) is 5.69 Å².